The molecule has 1 radical (unpaired) electrons. The van der Waals surface area contributed by atoms with Crippen molar-refractivity contribution in [3.05, 3.63) is 36.5 Å². The Labute approximate surface area is 64.1 Å². The van der Waals surface area contributed by atoms with Gasteiger partial charge in [-0.3, -0.25) is 4.98 Å². The van der Waals surface area contributed by atoms with E-state index in [0.29, 0.717) is 0 Å². The highest BCUT2D eigenvalue weighted by Gasteiger charge is 1.93. The first-order chi connectivity index (χ1) is 5.36. The van der Waals surface area contributed by atoms with E-state index in [-0.39, 0.29) is 5.75 Å². The molecule has 2 nitrogen and oxygen atoms in total. The first-order valence-corrected chi connectivity index (χ1v) is 3.32. The Morgan fingerprint density at radius 2 is 2.27 bits per heavy atom. The van der Waals surface area contributed by atoms with E-state index >= 15 is 0 Å². The quantitative estimate of drug-likeness (QED) is 0.611. The summed E-state index contributed by atoms with van der Waals surface area (Å²) < 4.78 is 0. The van der Waals surface area contributed by atoms with E-state index < -0.39 is 0 Å². The van der Waals surface area contributed by atoms with Gasteiger partial charge in [0.2, 0.25) is 0 Å². The van der Waals surface area contributed by atoms with Gasteiger partial charge in [-0.25, -0.2) is 0 Å². The van der Waals surface area contributed by atoms with Gasteiger partial charge in [-0.05, 0) is 30.3 Å². The van der Waals surface area contributed by atoms with Crippen LogP contribution in [0.1, 0.15) is 0 Å². The molecule has 1 aromatic heterocycles. The van der Waals surface area contributed by atoms with Crippen LogP contribution in [0, 0.1) is 6.07 Å². The molecule has 0 fully saturated rings. The highest BCUT2D eigenvalue weighted by molar-refractivity contribution is 5.78. The zero-order valence-corrected chi connectivity index (χ0v) is 5.78. The summed E-state index contributed by atoms with van der Waals surface area (Å²) in [5, 5.41) is 9.92. The number of hydrogen-bond acceptors (Lipinski definition) is 2. The number of benzene rings is 1. The Hall–Kier alpha value is -1.57. The van der Waals surface area contributed by atoms with Crippen molar-refractivity contribution in [3.63, 3.8) is 0 Å². The van der Waals surface area contributed by atoms with Crippen molar-refractivity contribution < 1.29 is 5.11 Å². The molecule has 0 spiro atoms. The second-order valence-corrected chi connectivity index (χ2v) is 2.29. The molecular formula is C9H6NO. The van der Waals surface area contributed by atoms with Crippen LogP contribution in [0.3, 0.4) is 0 Å². The Morgan fingerprint density at radius 3 is 3.18 bits per heavy atom. The van der Waals surface area contributed by atoms with Gasteiger partial charge in [0.1, 0.15) is 5.75 Å². The van der Waals surface area contributed by atoms with Crippen molar-refractivity contribution in [2.75, 3.05) is 0 Å². The molecule has 2 heteroatoms. The molecule has 11 heavy (non-hydrogen) atoms. The molecule has 0 aliphatic heterocycles. The molecule has 1 aromatic carbocycles. The lowest BCUT2D eigenvalue weighted by molar-refractivity contribution is 0.476. The highest BCUT2D eigenvalue weighted by Crippen LogP contribution is 2.16. The molecule has 0 saturated heterocycles. The fourth-order valence-electron chi connectivity index (χ4n) is 0.997. The minimum atomic E-state index is 0.252. The number of phenols is 1. The number of aromatic nitrogens is 1. The van der Waals surface area contributed by atoms with E-state index in [1.807, 2.05) is 0 Å². The number of aromatic hydroxyl groups is 1. The van der Waals surface area contributed by atoms with Crippen LogP contribution in [0.25, 0.3) is 10.9 Å². The second-order valence-electron chi connectivity index (χ2n) is 2.29. The van der Waals surface area contributed by atoms with E-state index in [4.69, 9.17) is 5.11 Å². The molecule has 0 unspecified atom stereocenters. The predicted octanol–water partition coefficient (Wildman–Crippen LogP) is 1.74. The van der Waals surface area contributed by atoms with Gasteiger partial charge in [0.25, 0.3) is 0 Å². The lowest BCUT2D eigenvalue weighted by Gasteiger charge is -1.94. The summed E-state index contributed by atoms with van der Waals surface area (Å²) in [5.41, 5.74) is 0.852. The average Bonchev–Trinajstić information content (AvgIpc) is 2.04. The van der Waals surface area contributed by atoms with Gasteiger partial charge in [-0.15, -0.1) is 0 Å². The summed E-state index contributed by atoms with van der Waals surface area (Å²) >= 11 is 0. The molecule has 53 valence electrons. The number of nitrogens with zero attached hydrogens (tertiary/aromatic N) is 1. The van der Waals surface area contributed by atoms with E-state index in [1.54, 1.807) is 30.5 Å². The molecule has 0 aliphatic carbocycles. The smallest absolute Gasteiger partial charge is 0.116 e. The topological polar surface area (TPSA) is 33.1 Å². The molecule has 2 rings (SSSR count). The summed E-state index contributed by atoms with van der Waals surface area (Å²) in [4.78, 5) is 4.08. The first kappa shape index (κ1) is 6.16. The summed E-state index contributed by atoms with van der Waals surface area (Å²) in [6, 6.07) is 9.71. The van der Waals surface area contributed by atoms with Crippen LogP contribution in [0.15, 0.2) is 30.5 Å². The Balaban J connectivity index is 2.83. The molecule has 0 bridgehead atoms. The molecule has 2 aromatic rings. The van der Waals surface area contributed by atoms with Gasteiger partial charge >= 0.3 is 0 Å². The highest BCUT2D eigenvalue weighted by atomic mass is 16.3. The lowest BCUT2D eigenvalue weighted by Crippen LogP contribution is -1.75. The molecule has 0 aliphatic rings. The minimum absolute atomic E-state index is 0.252. The number of pyridine rings is 1. The standard InChI is InChI=1S/C9H6NO/c11-8-3-4-9-7(6-8)2-1-5-10-9/h1,3-6,11H. The van der Waals surface area contributed by atoms with E-state index in [9.17, 15) is 0 Å². The minimum Gasteiger partial charge on any atom is -0.508 e. The fraction of sp³-hybridized carbons (Fsp3) is 0. The maximum atomic E-state index is 9.08. The SMILES string of the molecule is Oc1ccc2ncc[c]c2c1. The lowest BCUT2D eigenvalue weighted by atomic mass is 10.2. The summed E-state index contributed by atoms with van der Waals surface area (Å²) in [7, 11) is 0. The van der Waals surface area contributed by atoms with Crippen LogP contribution in [0.4, 0.5) is 0 Å². The van der Waals surface area contributed by atoms with Crippen molar-refractivity contribution >= 4 is 10.9 Å². The molecular weight excluding hydrogens is 138 g/mol. The van der Waals surface area contributed by atoms with Crippen molar-refractivity contribution in [3.8, 4) is 5.75 Å². The molecule has 0 amide bonds. The van der Waals surface area contributed by atoms with Crippen LogP contribution in [-0.2, 0) is 0 Å². The first-order valence-electron chi connectivity index (χ1n) is 3.32. The van der Waals surface area contributed by atoms with Crippen LogP contribution < -0.4 is 0 Å². The van der Waals surface area contributed by atoms with E-state index in [0.717, 1.165) is 10.9 Å². The average molecular weight is 144 g/mol. The third-order valence-corrected chi connectivity index (χ3v) is 1.51. The maximum absolute atomic E-state index is 9.08. The van der Waals surface area contributed by atoms with Gasteiger partial charge in [-0.1, -0.05) is 0 Å². The zero-order chi connectivity index (χ0) is 7.68. The van der Waals surface area contributed by atoms with Crippen LogP contribution in [0.2, 0.25) is 0 Å². The number of rotatable bonds is 0. The summed E-state index contributed by atoms with van der Waals surface area (Å²) in [5.74, 6) is 0.252. The Kier molecular flexibility index (Phi) is 1.25. The Bertz CT molecular complexity index is 384. The third kappa shape index (κ3) is 1.03. The number of hydrogen-bond donors (Lipinski definition) is 1. The van der Waals surface area contributed by atoms with E-state index in [2.05, 4.69) is 11.1 Å². The molecule has 0 saturated carbocycles. The van der Waals surface area contributed by atoms with Crippen LogP contribution in [-0.4, -0.2) is 10.1 Å². The summed E-state index contributed by atoms with van der Waals surface area (Å²) in [6.45, 7) is 0. The number of phenolic OH excluding ortho intramolecular Hbond substituents is 1. The van der Waals surface area contributed by atoms with Gasteiger partial charge in [0.05, 0.1) is 5.52 Å². The fourth-order valence-corrected chi connectivity index (χ4v) is 0.997. The van der Waals surface area contributed by atoms with Crippen molar-refractivity contribution in [2.45, 2.75) is 0 Å². The van der Waals surface area contributed by atoms with E-state index in [1.165, 1.54) is 0 Å². The molecule has 1 N–H and O–H groups in total. The molecule has 0 atom stereocenters. The van der Waals surface area contributed by atoms with Crippen LogP contribution >= 0.6 is 0 Å². The van der Waals surface area contributed by atoms with Gasteiger partial charge < -0.3 is 5.11 Å². The van der Waals surface area contributed by atoms with Gasteiger partial charge in [-0.2, -0.15) is 0 Å². The monoisotopic (exact) mass is 144 g/mol. The van der Waals surface area contributed by atoms with Gasteiger partial charge in [0, 0.05) is 11.6 Å². The van der Waals surface area contributed by atoms with Crippen molar-refractivity contribution in [1.82, 2.24) is 4.98 Å². The van der Waals surface area contributed by atoms with Crippen molar-refractivity contribution in [1.29, 1.82) is 0 Å². The second kappa shape index (κ2) is 2.23. The zero-order valence-electron chi connectivity index (χ0n) is 5.78. The maximum Gasteiger partial charge on any atom is 0.116 e. The normalized spacial score (nSPS) is 10.2. The predicted molar refractivity (Wildman–Crippen MR) is 42.2 cm³/mol. The Morgan fingerprint density at radius 1 is 1.36 bits per heavy atom. The largest absolute Gasteiger partial charge is 0.508 e. The van der Waals surface area contributed by atoms with Crippen LogP contribution in [0.5, 0.6) is 5.75 Å². The molecule has 1 heterocycles. The third-order valence-electron chi connectivity index (χ3n) is 1.51. The van der Waals surface area contributed by atoms with Crippen molar-refractivity contribution in [2.24, 2.45) is 0 Å². The number of fused-ring (bicyclic) bond motifs is 1. The summed E-state index contributed by atoms with van der Waals surface area (Å²) in [6.07, 6.45) is 1.68. The van der Waals surface area contributed by atoms with Gasteiger partial charge in [0.15, 0.2) is 0 Å².